The van der Waals surface area contributed by atoms with E-state index in [0.29, 0.717) is 18.4 Å². The summed E-state index contributed by atoms with van der Waals surface area (Å²) >= 11 is 0. The van der Waals surface area contributed by atoms with Gasteiger partial charge in [-0.3, -0.25) is 4.79 Å². The number of carbonyl (C=O) groups excluding carboxylic acids is 1. The van der Waals surface area contributed by atoms with E-state index in [1.165, 1.54) is 6.07 Å². The van der Waals surface area contributed by atoms with Gasteiger partial charge in [-0.15, -0.1) is 0 Å². The summed E-state index contributed by atoms with van der Waals surface area (Å²) < 4.78 is 43.5. The summed E-state index contributed by atoms with van der Waals surface area (Å²) in [6.45, 7) is 0. The normalized spacial score (nSPS) is 19.8. The maximum absolute atomic E-state index is 12.6. The van der Waals surface area contributed by atoms with E-state index >= 15 is 0 Å². The van der Waals surface area contributed by atoms with E-state index in [4.69, 9.17) is 4.74 Å². The van der Waals surface area contributed by atoms with Crippen LogP contribution in [0.15, 0.2) is 48.8 Å². The highest BCUT2D eigenvalue weighted by Gasteiger charge is 2.31. The third-order valence-corrected chi connectivity index (χ3v) is 5.18. The number of fused-ring (bicyclic) bond motifs is 1. The minimum absolute atomic E-state index is 0.0461. The molecular weight excluding hydrogens is 383 g/mol. The Hall–Kier alpha value is -3.03. The zero-order valence-electron chi connectivity index (χ0n) is 15.5. The first kappa shape index (κ1) is 19.3. The molecule has 29 heavy (non-hydrogen) atoms. The highest BCUT2D eigenvalue weighted by Crippen LogP contribution is 2.30. The lowest BCUT2D eigenvalue weighted by Gasteiger charge is -2.29. The Bertz CT molecular complexity index is 990. The number of amides is 1. The number of alkyl halides is 3. The molecular formula is C21H20F3N3O2. The molecule has 0 bridgehead atoms. The minimum atomic E-state index is -4.41. The second-order valence-corrected chi connectivity index (χ2v) is 7.23. The smallest absolute Gasteiger partial charge is 0.417 e. The average molecular weight is 403 g/mol. The SMILES string of the molecule is O=C(NC1CCC(Oc2ccc(C(F)(F)F)cn2)CC1)c1ccc2[nH]ccc2c1. The maximum atomic E-state index is 12.6. The molecule has 2 N–H and O–H groups in total. The fourth-order valence-corrected chi connectivity index (χ4v) is 3.58. The van der Waals surface area contributed by atoms with E-state index in [1.807, 2.05) is 24.4 Å². The van der Waals surface area contributed by atoms with Crippen LogP contribution in [-0.2, 0) is 6.18 Å². The van der Waals surface area contributed by atoms with Crippen LogP contribution in [0.25, 0.3) is 10.9 Å². The fraction of sp³-hybridized carbons (Fsp3) is 0.333. The summed E-state index contributed by atoms with van der Waals surface area (Å²) in [5.41, 5.74) is 0.801. The summed E-state index contributed by atoms with van der Waals surface area (Å²) in [4.78, 5) is 19.4. The van der Waals surface area contributed by atoms with Gasteiger partial charge in [0.1, 0.15) is 6.10 Å². The number of hydrogen-bond donors (Lipinski definition) is 2. The number of benzene rings is 1. The Balaban J connectivity index is 1.28. The average Bonchev–Trinajstić information content (AvgIpc) is 3.17. The van der Waals surface area contributed by atoms with Crippen molar-refractivity contribution in [3.63, 3.8) is 0 Å². The van der Waals surface area contributed by atoms with E-state index in [2.05, 4.69) is 15.3 Å². The third kappa shape index (κ3) is 4.52. The lowest BCUT2D eigenvalue weighted by Crippen LogP contribution is -2.39. The number of carbonyl (C=O) groups is 1. The number of nitrogens with one attached hydrogen (secondary N) is 2. The van der Waals surface area contributed by atoms with Crippen LogP contribution in [0.4, 0.5) is 13.2 Å². The maximum Gasteiger partial charge on any atom is 0.417 e. The van der Waals surface area contributed by atoms with Crippen molar-refractivity contribution >= 4 is 16.8 Å². The van der Waals surface area contributed by atoms with E-state index < -0.39 is 11.7 Å². The molecule has 2 heterocycles. The van der Waals surface area contributed by atoms with Crippen LogP contribution in [0.5, 0.6) is 5.88 Å². The summed E-state index contributed by atoms with van der Waals surface area (Å²) in [5, 5.41) is 4.04. The van der Waals surface area contributed by atoms with Gasteiger partial charge in [-0.2, -0.15) is 13.2 Å². The Morgan fingerprint density at radius 1 is 1.10 bits per heavy atom. The van der Waals surface area contributed by atoms with Crippen molar-refractivity contribution in [1.29, 1.82) is 0 Å². The van der Waals surface area contributed by atoms with Gasteiger partial charge < -0.3 is 15.0 Å². The van der Waals surface area contributed by atoms with Gasteiger partial charge in [0.05, 0.1) is 5.56 Å². The molecule has 8 heteroatoms. The predicted octanol–water partition coefficient (Wildman–Crippen LogP) is 4.70. The molecule has 4 rings (SSSR count). The number of halogens is 3. The van der Waals surface area contributed by atoms with Gasteiger partial charge >= 0.3 is 6.18 Å². The molecule has 1 fully saturated rings. The fourth-order valence-electron chi connectivity index (χ4n) is 3.58. The highest BCUT2D eigenvalue weighted by atomic mass is 19.4. The molecule has 1 aliphatic rings. The van der Waals surface area contributed by atoms with Crippen molar-refractivity contribution in [2.45, 2.75) is 44.0 Å². The van der Waals surface area contributed by atoms with Gasteiger partial charge in [-0.25, -0.2) is 4.98 Å². The van der Waals surface area contributed by atoms with Crippen molar-refractivity contribution in [3.8, 4) is 5.88 Å². The van der Waals surface area contributed by atoms with Crippen LogP contribution in [0.1, 0.15) is 41.6 Å². The molecule has 0 unspecified atom stereocenters. The Kier molecular flexibility index (Phi) is 5.17. The Labute approximate surface area is 165 Å². The van der Waals surface area contributed by atoms with Crippen LogP contribution in [0, 0.1) is 0 Å². The number of H-pyrrole nitrogens is 1. The molecule has 3 aromatic rings. The van der Waals surface area contributed by atoms with E-state index in [9.17, 15) is 18.0 Å². The summed E-state index contributed by atoms with van der Waals surface area (Å²) in [6, 6.07) is 9.70. The van der Waals surface area contributed by atoms with E-state index in [0.717, 1.165) is 36.0 Å². The zero-order valence-corrected chi connectivity index (χ0v) is 15.5. The van der Waals surface area contributed by atoms with Crippen molar-refractivity contribution in [1.82, 2.24) is 15.3 Å². The minimum Gasteiger partial charge on any atom is -0.474 e. The quantitative estimate of drug-likeness (QED) is 0.664. The monoisotopic (exact) mass is 403 g/mol. The van der Waals surface area contributed by atoms with Gasteiger partial charge in [0.15, 0.2) is 0 Å². The molecule has 1 aromatic carbocycles. The molecule has 0 saturated heterocycles. The first-order valence-corrected chi connectivity index (χ1v) is 9.46. The van der Waals surface area contributed by atoms with Crippen molar-refractivity contribution < 1.29 is 22.7 Å². The number of rotatable bonds is 4. The third-order valence-electron chi connectivity index (χ3n) is 5.18. The number of ether oxygens (including phenoxy) is 1. The van der Waals surface area contributed by atoms with E-state index in [1.54, 1.807) is 6.07 Å². The van der Waals surface area contributed by atoms with Crippen molar-refractivity contribution in [2.24, 2.45) is 0 Å². The molecule has 0 aliphatic heterocycles. The number of aromatic amines is 1. The Morgan fingerprint density at radius 2 is 1.90 bits per heavy atom. The number of pyridine rings is 1. The topological polar surface area (TPSA) is 67.0 Å². The second-order valence-electron chi connectivity index (χ2n) is 7.23. The van der Waals surface area contributed by atoms with Gasteiger partial charge in [-0.1, -0.05) is 0 Å². The Morgan fingerprint density at radius 3 is 2.59 bits per heavy atom. The van der Waals surface area contributed by atoms with Gasteiger partial charge in [-0.05, 0) is 56.0 Å². The molecule has 1 amide bonds. The first-order valence-electron chi connectivity index (χ1n) is 9.46. The molecule has 0 atom stereocenters. The van der Waals surface area contributed by atoms with Crippen LogP contribution in [-0.4, -0.2) is 28.0 Å². The second kappa shape index (κ2) is 7.77. The molecule has 0 spiro atoms. The first-order chi connectivity index (χ1) is 13.9. The number of nitrogens with zero attached hydrogens (tertiary/aromatic N) is 1. The molecule has 5 nitrogen and oxygen atoms in total. The molecule has 152 valence electrons. The van der Waals surface area contributed by atoms with Crippen molar-refractivity contribution in [2.75, 3.05) is 0 Å². The van der Waals surface area contributed by atoms with Crippen LogP contribution >= 0.6 is 0 Å². The molecule has 1 saturated carbocycles. The summed E-state index contributed by atoms with van der Waals surface area (Å²) in [7, 11) is 0. The van der Waals surface area contributed by atoms with Crippen LogP contribution < -0.4 is 10.1 Å². The molecule has 1 aliphatic carbocycles. The lowest BCUT2D eigenvalue weighted by molar-refractivity contribution is -0.137. The van der Waals surface area contributed by atoms with Crippen molar-refractivity contribution in [3.05, 3.63) is 59.9 Å². The van der Waals surface area contributed by atoms with Gasteiger partial charge in [0, 0.05) is 41.0 Å². The largest absolute Gasteiger partial charge is 0.474 e. The summed E-state index contributed by atoms with van der Waals surface area (Å²) in [5.74, 6) is 0.0761. The zero-order chi connectivity index (χ0) is 20.4. The number of hydrogen-bond acceptors (Lipinski definition) is 3. The van der Waals surface area contributed by atoms with Crippen LogP contribution in [0.3, 0.4) is 0 Å². The molecule has 0 radical (unpaired) electrons. The highest BCUT2D eigenvalue weighted by molar-refractivity contribution is 5.98. The van der Waals surface area contributed by atoms with Crippen LogP contribution in [0.2, 0.25) is 0 Å². The standard InChI is InChI=1S/C21H20F3N3O2/c22-21(23,24)15-2-8-19(26-12-15)29-17-5-3-16(4-6-17)27-20(28)14-1-7-18-13(11-14)9-10-25-18/h1-2,7-12,16-17,25H,3-6H2,(H,27,28). The van der Waals surface area contributed by atoms with Gasteiger partial charge in [0.2, 0.25) is 5.88 Å². The molecule has 2 aromatic heterocycles. The lowest BCUT2D eigenvalue weighted by atomic mass is 9.92. The van der Waals surface area contributed by atoms with Gasteiger partial charge in [0.25, 0.3) is 5.91 Å². The van der Waals surface area contributed by atoms with E-state index in [-0.39, 0.29) is 23.9 Å². The number of aromatic nitrogens is 2. The predicted molar refractivity (Wildman–Crippen MR) is 102 cm³/mol. The summed E-state index contributed by atoms with van der Waals surface area (Å²) in [6.07, 6.45) is 0.959.